The molecule has 1 amide bonds. The normalized spacial score (nSPS) is 15.8. The van der Waals surface area contributed by atoms with E-state index in [2.05, 4.69) is 19.9 Å². The van der Waals surface area contributed by atoms with Gasteiger partial charge in [0.05, 0.1) is 22.0 Å². The van der Waals surface area contributed by atoms with Crippen molar-refractivity contribution < 1.29 is 18.3 Å². The molecule has 0 radical (unpaired) electrons. The molecule has 1 aliphatic rings. The first-order valence-electron chi connectivity index (χ1n) is 13.3. The zero-order valence-electron chi connectivity index (χ0n) is 22.5. The Balaban J connectivity index is 1.36. The maximum Gasteiger partial charge on any atom is 0.274 e. The van der Waals surface area contributed by atoms with Gasteiger partial charge in [0.2, 0.25) is 0 Å². The molecule has 0 bridgehead atoms. The van der Waals surface area contributed by atoms with Crippen molar-refractivity contribution in [2.24, 2.45) is 0 Å². The molecule has 2 aromatic heterocycles. The maximum absolute atomic E-state index is 14.2. The van der Waals surface area contributed by atoms with Crippen LogP contribution >= 0.6 is 11.3 Å². The molecule has 1 saturated heterocycles. The highest BCUT2D eigenvalue weighted by atomic mass is 32.1. The van der Waals surface area contributed by atoms with Gasteiger partial charge < -0.3 is 19.5 Å². The number of halogens is 2. The fourth-order valence-electron chi connectivity index (χ4n) is 5.07. The van der Waals surface area contributed by atoms with E-state index in [4.69, 9.17) is 4.74 Å². The van der Waals surface area contributed by atoms with E-state index < -0.39 is 11.6 Å². The summed E-state index contributed by atoms with van der Waals surface area (Å²) in [6.07, 6.45) is 4.03. The highest BCUT2D eigenvalue weighted by Gasteiger charge is 2.32. The van der Waals surface area contributed by atoms with Crippen LogP contribution in [0.15, 0.2) is 36.4 Å². The fraction of sp³-hybridized carbons (Fsp3) is 0.414. The first-order chi connectivity index (χ1) is 18.8. The van der Waals surface area contributed by atoms with Gasteiger partial charge in [-0.25, -0.2) is 18.7 Å². The molecule has 2 aromatic carbocycles. The van der Waals surface area contributed by atoms with Crippen molar-refractivity contribution in [3.05, 3.63) is 64.6 Å². The molecule has 206 valence electrons. The minimum absolute atomic E-state index is 0.0140. The van der Waals surface area contributed by atoms with Crippen LogP contribution in [-0.2, 0) is 6.42 Å². The number of hydrogen-bond acceptors (Lipinski definition) is 6. The number of aromatic amines is 1. The summed E-state index contributed by atoms with van der Waals surface area (Å²) in [6.45, 7) is 4.08. The van der Waals surface area contributed by atoms with Crippen LogP contribution in [0, 0.1) is 18.6 Å². The molecule has 10 heteroatoms. The van der Waals surface area contributed by atoms with Gasteiger partial charge >= 0.3 is 0 Å². The monoisotopic (exact) mass is 553 g/mol. The van der Waals surface area contributed by atoms with Crippen LogP contribution in [0.1, 0.15) is 47.0 Å². The molecule has 0 aliphatic carbocycles. The maximum atomic E-state index is 14.2. The molecular formula is C29H33F2N5O2S. The minimum atomic E-state index is -0.960. The Bertz CT molecular complexity index is 1470. The molecule has 1 aliphatic heterocycles. The van der Waals surface area contributed by atoms with E-state index in [0.717, 1.165) is 59.5 Å². The van der Waals surface area contributed by atoms with E-state index in [1.165, 1.54) is 17.4 Å². The summed E-state index contributed by atoms with van der Waals surface area (Å²) in [5.41, 5.74) is 1.77. The van der Waals surface area contributed by atoms with Crippen LogP contribution in [0.3, 0.4) is 0 Å². The van der Waals surface area contributed by atoms with E-state index in [-0.39, 0.29) is 17.5 Å². The van der Waals surface area contributed by atoms with E-state index >= 15 is 0 Å². The number of benzene rings is 2. The van der Waals surface area contributed by atoms with Gasteiger partial charge in [-0.3, -0.25) is 4.79 Å². The molecule has 0 saturated carbocycles. The molecule has 1 fully saturated rings. The summed E-state index contributed by atoms with van der Waals surface area (Å²) < 4.78 is 33.9. The van der Waals surface area contributed by atoms with Crippen molar-refractivity contribution in [2.75, 3.05) is 33.8 Å². The Kier molecular flexibility index (Phi) is 8.23. The number of rotatable bonds is 9. The number of thiazole rings is 1. The van der Waals surface area contributed by atoms with E-state index in [0.29, 0.717) is 36.6 Å². The van der Waals surface area contributed by atoms with Gasteiger partial charge in [-0.15, -0.1) is 11.3 Å². The highest BCUT2D eigenvalue weighted by molar-refractivity contribution is 7.15. The Labute approximate surface area is 230 Å². The van der Waals surface area contributed by atoms with Gasteiger partial charge in [0.15, 0.2) is 11.6 Å². The van der Waals surface area contributed by atoms with E-state index in [1.54, 1.807) is 0 Å². The smallest absolute Gasteiger partial charge is 0.274 e. The lowest BCUT2D eigenvalue weighted by Gasteiger charge is -2.35. The average Bonchev–Trinajstić information content (AvgIpc) is 3.52. The van der Waals surface area contributed by atoms with Crippen LogP contribution in [0.2, 0.25) is 0 Å². The second kappa shape index (κ2) is 11.8. The predicted molar refractivity (Wildman–Crippen MR) is 149 cm³/mol. The molecule has 0 spiro atoms. The summed E-state index contributed by atoms with van der Waals surface area (Å²) in [5.74, 6) is -0.708. The van der Waals surface area contributed by atoms with E-state index in [1.807, 2.05) is 50.2 Å². The number of piperidine rings is 1. The van der Waals surface area contributed by atoms with Gasteiger partial charge in [-0.2, -0.15) is 0 Å². The second-order valence-electron chi connectivity index (χ2n) is 10.2. The first kappa shape index (κ1) is 27.2. The van der Waals surface area contributed by atoms with Crippen molar-refractivity contribution in [2.45, 2.75) is 45.1 Å². The highest BCUT2D eigenvalue weighted by Crippen LogP contribution is 2.34. The number of H-pyrrole nitrogens is 1. The summed E-state index contributed by atoms with van der Waals surface area (Å²) in [7, 11) is 4.08. The zero-order valence-corrected chi connectivity index (χ0v) is 23.3. The molecule has 1 N–H and O–H groups in total. The third-order valence-corrected chi connectivity index (χ3v) is 7.98. The summed E-state index contributed by atoms with van der Waals surface area (Å²) in [4.78, 5) is 30.8. The fourth-order valence-corrected chi connectivity index (χ4v) is 5.98. The molecule has 5 rings (SSSR count). The minimum Gasteiger partial charge on any atom is -0.494 e. The number of likely N-dealkylation sites (tertiary alicyclic amines) is 1. The Morgan fingerprint density at radius 1 is 1.21 bits per heavy atom. The number of nitrogens with one attached hydrogen (secondary N) is 1. The molecule has 7 nitrogen and oxygen atoms in total. The van der Waals surface area contributed by atoms with Crippen molar-refractivity contribution in [1.29, 1.82) is 0 Å². The molecule has 1 atom stereocenters. The van der Waals surface area contributed by atoms with Crippen molar-refractivity contribution >= 4 is 28.3 Å². The number of aryl methyl sites for hydroxylation is 1. The van der Waals surface area contributed by atoms with Crippen LogP contribution in [-0.4, -0.2) is 70.5 Å². The number of nitrogens with zero attached hydrogens (tertiary/aromatic N) is 4. The molecule has 39 heavy (non-hydrogen) atoms. The van der Waals surface area contributed by atoms with Crippen LogP contribution < -0.4 is 4.74 Å². The SMILES string of the molecule is Cc1nc(C(=O)N2CCCCC2Cc2nc3c(F)c(F)ccc3[nH]2)c(-c2cccc(OCCCN(C)C)c2)s1. The molecule has 4 aromatic rings. The van der Waals surface area contributed by atoms with Gasteiger partial charge in [0.25, 0.3) is 5.91 Å². The lowest BCUT2D eigenvalue weighted by molar-refractivity contribution is 0.0607. The number of amides is 1. The summed E-state index contributed by atoms with van der Waals surface area (Å²) >= 11 is 1.50. The Morgan fingerprint density at radius 3 is 2.87 bits per heavy atom. The topological polar surface area (TPSA) is 74.3 Å². The quantitative estimate of drug-likeness (QED) is 0.264. The lowest BCUT2D eigenvalue weighted by Crippen LogP contribution is -2.45. The van der Waals surface area contributed by atoms with Crippen molar-refractivity contribution in [3.63, 3.8) is 0 Å². The van der Waals surface area contributed by atoms with Crippen LogP contribution in [0.25, 0.3) is 21.5 Å². The number of aromatic nitrogens is 3. The third kappa shape index (κ3) is 6.12. The molecular weight excluding hydrogens is 520 g/mol. The van der Waals surface area contributed by atoms with Crippen LogP contribution in [0.4, 0.5) is 8.78 Å². The number of imidazole rings is 1. The van der Waals surface area contributed by atoms with Gasteiger partial charge in [0, 0.05) is 25.6 Å². The number of ether oxygens (including phenoxy) is 1. The first-order valence-corrected chi connectivity index (χ1v) is 14.1. The predicted octanol–water partition coefficient (Wildman–Crippen LogP) is 5.84. The largest absolute Gasteiger partial charge is 0.494 e. The summed E-state index contributed by atoms with van der Waals surface area (Å²) in [6, 6.07) is 10.3. The van der Waals surface area contributed by atoms with Gasteiger partial charge in [-0.05, 0) is 76.5 Å². The van der Waals surface area contributed by atoms with Gasteiger partial charge in [0.1, 0.15) is 22.8 Å². The second-order valence-corrected chi connectivity index (χ2v) is 11.4. The molecule has 1 unspecified atom stereocenters. The number of carbonyl (C=O) groups is 1. The van der Waals surface area contributed by atoms with Crippen LogP contribution in [0.5, 0.6) is 5.75 Å². The zero-order chi connectivity index (χ0) is 27.5. The number of hydrogen-bond donors (Lipinski definition) is 1. The third-order valence-electron chi connectivity index (χ3n) is 6.96. The number of carbonyl (C=O) groups excluding carboxylic acids is 1. The van der Waals surface area contributed by atoms with E-state index in [9.17, 15) is 13.6 Å². The van der Waals surface area contributed by atoms with Gasteiger partial charge in [-0.1, -0.05) is 12.1 Å². The lowest BCUT2D eigenvalue weighted by atomic mass is 9.98. The Hall–Kier alpha value is -3.37. The van der Waals surface area contributed by atoms with Crippen molar-refractivity contribution in [1.82, 2.24) is 24.8 Å². The van der Waals surface area contributed by atoms with Crippen molar-refractivity contribution in [3.8, 4) is 16.2 Å². The summed E-state index contributed by atoms with van der Waals surface area (Å²) in [5, 5.41) is 0.814. The Morgan fingerprint density at radius 2 is 2.05 bits per heavy atom. The standard InChI is InChI=1S/C29H33F2N5O2S/c1-18-32-27(28(39-18)19-8-6-10-21(16-19)38-15-7-13-35(2)3)29(37)36-14-5-4-9-20(36)17-24-33-23-12-11-22(30)25(31)26(23)34-24/h6,8,10-12,16,20H,4-5,7,9,13-15,17H2,1-3H3,(H,33,34). The molecule has 3 heterocycles. The average molecular weight is 554 g/mol. The number of fused-ring (bicyclic) bond motifs is 1.